The normalized spacial score (nSPS) is 18.3. The number of fused-ring (bicyclic) bond motifs is 3. The largest absolute Gasteiger partial charge is 0.396 e. The van der Waals surface area contributed by atoms with Crippen molar-refractivity contribution in [3.8, 4) is 0 Å². The van der Waals surface area contributed by atoms with E-state index < -0.39 is 0 Å². The molecule has 23 heavy (non-hydrogen) atoms. The van der Waals surface area contributed by atoms with Gasteiger partial charge in [0.15, 0.2) is 0 Å². The average molecular weight is 314 g/mol. The third-order valence-corrected chi connectivity index (χ3v) is 6.00. The second-order valence-corrected chi connectivity index (χ2v) is 7.13. The lowest BCUT2D eigenvalue weighted by molar-refractivity contribution is 0.158. The predicted molar refractivity (Wildman–Crippen MR) is 96.8 cm³/mol. The number of aliphatic hydroxyl groups is 1. The molecule has 0 fully saturated rings. The average Bonchev–Trinajstić information content (AvgIpc) is 2.97. The van der Waals surface area contributed by atoms with Gasteiger partial charge in [-0.2, -0.15) is 0 Å². The van der Waals surface area contributed by atoms with Crippen LogP contribution in [0, 0.1) is 5.41 Å². The monoisotopic (exact) mass is 314 g/mol. The van der Waals surface area contributed by atoms with Gasteiger partial charge in [0.25, 0.3) is 0 Å². The predicted octanol–water partition coefficient (Wildman–Crippen LogP) is 3.80. The zero-order valence-electron chi connectivity index (χ0n) is 14.5. The summed E-state index contributed by atoms with van der Waals surface area (Å²) in [5.74, 6) is 0. The number of benzene rings is 1. The van der Waals surface area contributed by atoms with Crippen LogP contribution >= 0.6 is 0 Å². The van der Waals surface area contributed by atoms with Crippen LogP contribution in [0.25, 0.3) is 10.9 Å². The van der Waals surface area contributed by atoms with Gasteiger partial charge >= 0.3 is 0 Å². The fraction of sp³-hybridized carbons (Fsp3) is 0.600. The number of aliphatic hydroxyl groups excluding tert-OH is 1. The first-order valence-corrected chi connectivity index (χ1v) is 9.14. The first kappa shape index (κ1) is 16.5. The highest BCUT2D eigenvalue weighted by molar-refractivity contribution is 5.84. The van der Waals surface area contributed by atoms with Gasteiger partial charge in [0.2, 0.25) is 0 Å². The first-order valence-electron chi connectivity index (χ1n) is 9.14. The van der Waals surface area contributed by atoms with E-state index in [0.29, 0.717) is 12.6 Å². The molecule has 1 aliphatic rings. The molecular formula is C20H30N2O. The molecule has 1 aromatic carbocycles. The van der Waals surface area contributed by atoms with Gasteiger partial charge in [-0.3, -0.25) is 0 Å². The summed E-state index contributed by atoms with van der Waals surface area (Å²) in [6.07, 6.45) is 6.60. The summed E-state index contributed by atoms with van der Waals surface area (Å²) in [6, 6.07) is 9.20. The number of aryl methyl sites for hydroxylation is 1. The van der Waals surface area contributed by atoms with E-state index in [9.17, 15) is 5.11 Å². The van der Waals surface area contributed by atoms with Crippen molar-refractivity contribution in [3.05, 3.63) is 35.5 Å². The molecule has 3 rings (SSSR count). The Morgan fingerprint density at radius 1 is 1.26 bits per heavy atom. The van der Waals surface area contributed by atoms with E-state index in [1.807, 2.05) is 0 Å². The molecule has 0 bridgehead atoms. The Bertz CT molecular complexity index is 642. The van der Waals surface area contributed by atoms with Crippen molar-refractivity contribution in [3.63, 3.8) is 0 Å². The zero-order chi connectivity index (χ0) is 16.3. The second kappa shape index (κ2) is 7.06. The minimum atomic E-state index is 0.245. The van der Waals surface area contributed by atoms with Crippen LogP contribution in [0.15, 0.2) is 24.3 Å². The van der Waals surface area contributed by atoms with Crippen LogP contribution in [0.2, 0.25) is 0 Å². The van der Waals surface area contributed by atoms with Crippen LogP contribution in [0.5, 0.6) is 0 Å². The number of aromatic amines is 1. The Morgan fingerprint density at radius 3 is 2.78 bits per heavy atom. The maximum Gasteiger partial charge on any atom is 0.0458 e. The summed E-state index contributed by atoms with van der Waals surface area (Å²) < 4.78 is 0. The lowest BCUT2D eigenvalue weighted by atomic mass is 9.79. The van der Waals surface area contributed by atoms with Crippen molar-refractivity contribution in [1.29, 1.82) is 0 Å². The van der Waals surface area contributed by atoms with Crippen molar-refractivity contribution in [2.75, 3.05) is 13.2 Å². The molecule has 0 spiro atoms. The number of aromatic nitrogens is 1. The van der Waals surface area contributed by atoms with E-state index in [0.717, 1.165) is 38.6 Å². The lowest BCUT2D eigenvalue weighted by Crippen LogP contribution is -2.42. The first-order chi connectivity index (χ1) is 11.2. The standard InChI is InChI=1S/C20H30N2O/c1-3-20(4-2,11-12-23)14-21-15-9-10-19-17(13-15)16-7-5-6-8-18(16)22-19/h5-8,15,21-23H,3-4,9-14H2,1-2H3. The summed E-state index contributed by atoms with van der Waals surface area (Å²) in [6.45, 7) is 5.81. The Morgan fingerprint density at radius 2 is 2.04 bits per heavy atom. The molecule has 3 nitrogen and oxygen atoms in total. The lowest BCUT2D eigenvalue weighted by Gasteiger charge is -2.34. The highest BCUT2D eigenvalue weighted by atomic mass is 16.3. The quantitative estimate of drug-likeness (QED) is 0.728. The van der Waals surface area contributed by atoms with Crippen molar-refractivity contribution in [1.82, 2.24) is 10.3 Å². The number of nitrogens with one attached hydrogen (secondary N) is 2. The van der Waals surface area contributed by atoms with Gasteiger partial charge in [-0.05, 0) is 55.6 Å². The van der Waals surface area contributed by atoms with E-state index in [2.05, 4.69) is 48.4 Å². The fourth-order valence-corrected chi connectivity index (χ4v) is 4.08. The van der Waals surface area contributed by atoms with Gasteiger partial charge in [-0.1, -0.05) is 32.0 Å². The Hall–Kier alpha value is -1.32. The SMILES string of the molecule is CCC(CC)(CCO)CNC1CCc2[nH]c3ccccc3c2C1. The summed E-state index contributed by atoms with van der Waals surface area (Å²) >= 11 is 0. The molecule has 1 aromatic heterocycles. The summed E-state index contributed by atoms with van der Waals surface area (Å²) in [7, 11) is 0. The smallest absolute Gasteiger partial charge is 0.0458 e. The zero-order valence-corrected chi connectivity index (χ0v) is 14.5. The van der Waals surface area contributed by atoms with Crippen molar-refractivity contribution in [2.24, 2.45) is 5.41 Å². The molecule has 0 amide bonds. The number of hydrogen-bond acceptors (Lipinski definition) is 2. The van der Waals surface area contributed by atoms with E-state index in [1.165, 1.54) is 28.6 Å². The molecule has 3 N–H and O–H groups in total. The Labute approximate surface area is 139 Å². The molecule has 1 aliphatic carbocycles. The van der Waals surface area contributed by atoms with Gasteiger partial charge in [-0.15, -0.1) is 0 Å². The number of hydrogen-bond donors (Lipinski definition) is 3. The summed E-state index contributed by atoms with van der Waals surface area (Å²) in [4.78, 5) is 3.59. The minimum absolute atomic E-state index is 0.245. The summed E-state index contributed by atoms with van der Waals surface area (Å²) in [5.41, 5.74) is 4.45. The third-order valence-electron chi connectivity index (χ3n) is 6.00. The van der Waals surface area contributed by atoms with Crippen LogP contribution in [0.3, 0.4) is 0 Å². The van der Waals surface area contributed by atoms with Crippen molar-refractivity contribution >= 4 is 10.9 Å². The van der Waals surface area contributed by atoms with Crippen LogP contribution in [-0.2, 0) is 12.8 Å². The van der Waals surface area contributed by atoms with Gasteiger partial charge < -0.3 is 15.4 Å². The molecule has 0 saturated heterocycles. The number of H-pyrrole nitrogens is 1. The molecule has 1 atom stereocenters. The van der Waals surface area contributed by atoms with E-state index in [4.69, 9.17) is 0 Å². The molecule has 0 radical (unpaired) electrons. The Balaban J connectivity index is 1.70. The van der Waals surface area contributed by atoms with Gasteiger partial charge in [-0.25, -0.2) is 0 Å². The highest BCUT2D eigenvalue weighted by Gasteiger charge is 2.28. The highest BCUT2D eigenvalue weighted by Crippen LogP contribution is 2.32. The maximum atomic E-state index is 9.39. The molecule has 3 heteroatoms. The van der Waals surface area contributed by atoms with Crippen molar-refractivity contribution in [2.45, 2.75) is 58.4 Å². The molecule has 0 saturated carbocycles. The molecule has 0 aliphatic heterocycles. The molecule has 2 aromatic rings. The maximum absolute atomic E-state index is 9.39. The topological polar surface area (TPSA) is 48.0 Å². The summed E-state index contributed by atoms with van der Waals surface area (Å²) in [5, 5.41) is 14.6. The van der Waals surface area contributed by atoms with Crippen LogP contribution in [-0.4, -0.2) is 29.3 Å². The minimum Gasteiger partial charge on any atom is -0.396 e. The van der Waals surface area contributed by atoms with E-state index in [1.54, 1.807) is 0 Å². The van der Waals surface area contributed by atoms with Gasteiger partial charge in [0, 0.05) is 35.8 Å². The van der Waals surface area contributed by atoms with Crippen molar-refractivity contribution < 1.29 is 5.11 Å². The molecular weight excluding hydrogens is 284 g/mol. The number of para-hydroxylation sites is 1. The third kappa shape index (κ3) is 3.31. The van der Waals surface area contributed by atoms with E-state index in [-0.39, 0.29) is 5.41 Å². The van der Waals surface area contributed by atoms with Gasteiger partial charge in [0.05, 0.1) is 0 Å². The molecule has 1 unspecified atom stereocenters. The number of rotatable bonds is 7. The van der Waals surface area contributed by atoms with Crippen LogP contribution in [0.1, 0.15) is 50.8 Å². The fourth-order valence-electron chi connectivity index (χ4n) is 4.08. The van der Waals surface area contributed by atoms with Crippen LogP contribution in [0.4, 0.5) is 0 Å². The van der Waals surface area contributed by atoms with Crippen LogP contribution < -0.4 is 5.32 Å². The van der Waals surface area contributed by atoms with Gasteiger partial charge in [0.1, 0.15) is 0 Å². The second-order valence-electron chi connectivity index (χ2n) is 7.13. The molecule has 126 valence electrons. The Kier molecular flexibility index (Phi) is 5.08. The molecule has 1 heterocycles. The van der Waals surface area contributed by atoms with E-state index >= 15 is 0 Å².